The molecule has 4 N–H and O–H groups in total. The quantitative estimate of drug-likeness (QED) is 0.640. The first kappa shape index (κ1) is 14.2. The van der Waals surface area contributed by atoms with Gasteiger partial charge >= 0.3 is 0 Å². The monoisotopic (exact) mass is 295 g/mol. The van der Waals surface area contributed by atoms with Crippen LogP contribution < -0.4 is 16.0 Å². The minimum Gasteiger partial charge on any atom is -0.395 e. The predicted octanol–water partition coefficient (Wildman–Crippen LogP) is 2.50. The third kappa shape index (κ3) is 2.94. The van der Waals surface area contributed by atoms with Crippen molar-refractivity contribution in [3.05, 3.63) is 60.3 Å². The Morgan fingerprint density at radius 2 is 1.77 bits per heavy atom. The van der Waals surface area contributed by atoms with Crippen LogP contribution in [-0.4, -0.2) is 24.2 Å². The number of para-hydroxylation sites is 1. The molecule has 0 aliphatic carbocycles. The van der Waals surface area contributed by atoms with E-state index in [9.17, 15) is 4.79 Å². The van der Waals surface area contributed by atoms with E-state index in [1.807, 2.05) is 48.5 Å². The number of aliphatic hydroxyl groups is 1. The Morgan fingerprint density at radius 3 is 2.55 bits per heavy atom. The summed E-state index contributed by atoms with van der Waals surface area (Å²) in [6, 6.07) is 15.3. The molecule has 1 heterocycles. The van der Waals surface area contributed by atoms with E-state index in [2.05, 4.69) is 16.0 Å². The van der Waals surface area contributed by atoms with Crippen LogP contribution in [0.1, 0.15) is 5.56 Å². The maximum atomic E-state index is 12.0. The Bertz CT molecular complexity index is 708. The van der Waals surface area contributed by atoms with Crippen molar-refractivity contribution in [3.8, 4) is 0 Å². The summed E-state index contributed by atoms with van der Waals surface area (Å²) in [4.78, 5) is 12.0. The van der Waals surface area contributed by atoms with Gasteiger partial charge in [0.25, 0.3) is 5.91 Å². The number of carbonyl (C=O) groups excluding carboxylic acids is 1. The molecular formula is C17H17N3O2. The minimum absolute atomic E-state index is 0.0978. The highest BCUT2D eigenvalue weighted by atomic mass is 16.3. The molecule has 0 atom stereocenters. The van der Waals surface area contributed by atoms with Crippen LogP contribution in [0.4, 0.5) is 17.1 Å². The fourth-order valence-electron chi connectivity index (χ4n) is 2.32. The third-order valence-electron chi connectivity index (χ3n) is 3.42. The molecule has 0 spiro atoms. The molecule has 0 aromatic heterocycles. The number of anilines is 3. The van der Waals surface area contributed by atoms with Crippen LogP contribution in [0, 0.1) is 0 Å². The summed E-state index contributed by atoms with van der Waals surface area (Å²) in [5.41, 5.74) is 4.19. The number of hydrogen-bond donors (Lipinski definition) is 4. The van der Waals surface area contributed by atoms with Crippen LogP contribution in [-0.2, 0) is 4.79 Å². The van der Waals surface area contributed by atoms with Gasteiger partial charge in [0.2, 0.25) is 0 Å². The summed E-state index contributed by atoms with van der Waals surface area (Å²) in [6.07, 6.45) is 1.72. The van der Waals surface area contributed by atoms with E-state index in [0.717, 1.165) is 22.6 Å². The van der Waals surface area contributed by atoms with Crippen molar-refractivity contribution < 1.29 is 9.90 Å². The van der Waals surface area contributed by atoms with Crippen LogP contribution in [0.15, 0.2) is 54.7 Å². The van der Waals surface area contributed by atoms with E-state index in [-0.39, 0.29) is 12.5 Å². The van der Waals surface area contributed by atoms with Gasteiger partial charge in [-0.15, -0.1) is 0 Å². The summed E-state index contributed by atoms with van der Waals surface area (Å²) in [6.45, 7) is 0.619. The molecule has 1 amide bonds. The molecule has 0 fully saturated rings. The SMILES string of the molecule is O=C1Nc2ccccc2/C1=C\Nc1ccc(NCCO)cc1. The second-order valence-electron chi connectivity index (χ2n) is 4.93. The van der Waals surface area contributed by atoms with Gasteiger partial charge in [-0.05, 0) is 30.3 Å². The Kier molecular flexibility index (Phi) is 4.07. The van der Waals surface area contributed by atoms with Gasteiger partial charge in [-0.1, -0.05) is 18.2 Å². The van der Waals surface area contributed by atoms with Crippen molar-refractivity contribution >= 4 is 28.5 Å². The number of nitrogens with one attached hydrogen (secondary N) is 3. The average Bonchev–Trinajstić information content (AvgIpc) is 2.87. The summed E-state index contributed by atoms with van der Waals surface area (Å²) in [5, 5.41) is 17.8. The number of fused-ring (bicyclic) bond motifs is 1. The number of amides is 1. The number of hydrogen-bond acceptors (Lipinski definition) is 4. The van der Waals surface area contributed by atoms with E-state index >= 15 is 0 Å². The second-order valence-corrected chi connectivity index (χ2v) is 4.93. The van der Waals surface area contributed by atoms with Crippen LogP contribution in [0.3, 0.4) is 0 Å². The third-order valence-corrected chi connectivity index (χ3v) is 3.42. The number of carbonyl (C=O) groups is 1. The number of aliphatic hydroxyl groups excluding tert-OH is 1. The molecule has 112 valence electrons. The van der Waals surface area contributed by atoms with Gasteiger partial charge in [0, 0.05) is 35.4 Å². The van der Waals surface area contributed by atoms with Gasteiger partial charge in [-0.3, -0.25) is 4.79 Å². The van der Waals surface area contributed by atoms with Crippen molar-refractivity contribution in [1.82, 2.24) is 0 Å². The molecule has 0 saturated heterocycles. The normalized spacial score (nSPS) is 14.6. The molecule has 2 aromatic carbocycles. The summed E-state index contributed by atoms with van der Waals surface area (Å²) < 4.78 is 0. The fraction of sp³-hybridized carbons (Fsp3) is 0.118. The van der Waals surface area contributed by atoms with Crippen molar-refractivity contribution in [2.75, 3.05) is 29.1 Å². The van der Waals surface area contributed by atoms with E-state index in [0.29, 0.717) is 12.1 Å². The van der Waals surface area contributed by atoms with Crippen molar-refractivity contribution in [2.24, 2.45) is 0 Å². The van der Waals surface area contributed by atoms with Gasteiger partial charge in [-0.25, -0.2) is 0 Å². The highest BCUT2D eigenvalue weighted by Crippen LogP contribution is 2.31. The number of benzene rings is 2. The second kappa shape index (κ2) is 6.32. The van der Waals surface area contributed by atoms with E-state index < -0.39 is 0 Å². The van der Waals surface area contributed by atoms with Gasteiger partial charge in [0.05, 0.1) is 12.2 Å². The first-order valence-corrected chi connectivity index (χ1v) is 7.10. The molecule has 0 bridgehead atoms. The lowest BCUT2D eigenvalue weighted by Gasteiger charge is -2.06. The number of rotatable bonds is 5. The maximum absolute atomic E-state index is 12.0. The minimum atomic E-state index is -0.102. The zero-order valence-corrected chi connectivity index (χ0v) is 12.0. The van der Waals surface area contributed by atoms with Crippen LogP contribution in [0.5, 0.6) is 0 Å². The molecule has 1 aliphatic heterocycles. The van der Waals surface area contributed by atoms with Crippen LogP contribution >= 0.6 is 0 Å². The first-order valence-electron chi connectivity index (χ1n) is 7.10. The molecule has 2 aromatic rings. The largest absolute Gasteiger partial charge is 0.395 e. The lowest BCUT2D eigenvalue weighted by atomic mass is 10.1. The fourth-order valence-corrected chi connectivity index (χ4v) is 2.32. The molecular weight excluding hydrogens is 278 g/mol. The Labute approximate surface area is 128 Å². The van der Waals surface area contributed by atoms with Gasteiger partial charge in [0.15, 0.2) is 0 Å². The maximum Gasteiger partial charge on any atom is 0.257 e. The molecule has 3 rings (SSSR count). The first-order chi connectivity index (χ1) is 10.8. The van der Waals surface area contributed by atoms with Gasteiger partial charge in [-0.2, -0.15) is 0 Å². The van der Waals surface area contributed by atoms with E-state index in [1.54, 1.807) is 6.20 Å². The van der Waals surface area contributed by atoms with E-state index in [4.69, 9.17) is 5.11 Å². The smallest absolute Gasteiger partial charge is 0.257 e. The zero-order chi connectivity index (χ0) is 15.4. The lowest BCUT2D eigenvalue weighted by Crippen LogP contribution is -2.06. The molecule has 5 heteroatoms. The summed E-state index contributed by atoms with van der Waals surface area (Å²) in [7, 11) is 0. The van der Waals surface area contributed by atoms with Gasteiger partial charge in [0.1, 0.15) is 0 Å². The van der Waals surface area contributed by atoms with Gasteiger partial charge < -0.3 is 21.1 Å². The highest BCUT2D eigenvalue weighted by molar-refractivity contribution is 6.31. The van der Waals surface area contributed by atoms with E-state index in [1.165, 1.54) is 0 Å². The summed E-state index contributed by atoms with van der Waals surface area (Å²) in [5.74, 6) is -0.102. The van der Waals surface area contributed by atoms with Crippen molar-refractivity contribution in [2.45, 2.75) is 0 Å². The molecule has 0 saturated carbocycles. The Hall–Kier alpha value is -2.79. The lowest BCUT2D eigenvalue weighted by molar-refractivity contribution is -0.110. The molecule has 5 nitrogen and oxygen atoms in total. The standard InChI is InChI=1S/C17H17N3O2/c21-10-9-18-12-5-7-13(8-6-12)19-11-15-14-3-1-2-4-16(14)20-17(15)22/h1-8,11,18-19,21H,9-10H2,(H,20,22)/b15-11+. The summed E-state index contributed by atoms with van der Waals surface area (Å²) >= 11 is 0. The molecule has 0 radical (unpaired) electrons. The Morgan fingerprint density at radius 1 is 1.05 bits per heavy atom. The highest BCUT2D eigenvalue weighted by Gasteiger charge is 2.23. The van der Waals surface area contributed by atoms with Crippen LogP contribution in [0.2, 0.25) is 0 Å². The molecule has 22 heavy (non-hydrogen) atoms. The zero-order valence-electron chi connectivity index (χ0n) is 12.0. The topological polar surface area (TPSA) is 73.4 Å². The van der Waals surface area contributed by atoms with Crippen molar-refractivity contribution in [3.63, 3.8) is 0 Å². The Balaban J connectivity index is 1.73. The molecule has 1 aliphatic rings. The van der Waals surface area contributed by atoms with Crippen molar-refractivity contribution in [1.29, 1.82) is 0 Å². The molecule has 0 unspecified atom stereocenters. The van der Waals surface area contributed by atoms with Crippen LogP contribution in [0.25, 0.3) is 5.57 Å². The average molecular weight is 295 g/mol. The predicted molar refractivity (Wildman–Crippen MR) is 88.7 cm³/mol.